The Kier molecular flexibility index (Phi) is 4.23. The lowest BCUT2D eigenvalue weighted by Crippen LogP contribution is -2.40. The summed E-state index contributed by atoms with van der Waals surface area (Å²) in [6, 6.07) is 13.5. The molecular weight excluding hydrogens is 360 g/mol. The Bertz CT molecular complexity index is 1160. The zero-order chi connectivity index (χ0) is 19.8. The standard InChI is InChI=1S/C20H16N4O4/c1-23-18(26)13-7-3-2-6-12(13)16(22-23)10-21-17(25)11-24-19(27)14-8-4-5-9-15(14)20(24)28/h2-9H,10-11H2,1H3,(H,21,25). The van der Waals surface area contributed by atoms with Crippen LogP contribution in [0.25, 0.3) is 10.8 Å². The number of carbonyl (C=O) groups excluding carboxylic acids is 3. The van der Waals surface area contributed by atoms with Gasteiger partial charge in [0.25, 0.3) is 17.4 Å². The molecule has 0 saturated heterocycles. The van der Waals surface area contributed by atoms with Gasteiger partial charge in [0.1, 0.15) is 6.54 Å². The number of amides is 3. The van der Waals surface area contributed by atoms with Crippen molar-refractivity contribution in [3.63, 3.8) is 0 Å². The number of carbonyl (C=O) groups is 3. The average molecular weight is 376 g/mol. The van der Waals surface area contributed by atoms with Gasteiger partial charge in [0, 0.05) is 12.4 Å². The maximum absolute atomic E-state index is 12.3. The van der Waals surface area contributed by atoms with E-state index in [0.29, 0.717) is 27.6 Å². The molecule has 0 unspecified atom stereocenters. The third kappa shape index (κ3) is 2.84. The van der Waals surface area contributed by atoms with E-state index in [1.807, 2.05) is 0 Å². The molecule has 1 aliphatic heterocycles. The van der Waals surface area contributed by atoms with Crippen LogP contribution in [0.3, 0.4) is 0 Å². The number of hydrogen-bond acceptors (Lipinski definition) is 5. The van der Waals surface area contributed by atoms with Crippen molar-refractivity contribution in [1.29, 1.82) is 0 Å². The first-order chi connectivity index (χ1) is 13.5. The molecule has 0 atom stereocenters. The second kappa shape index (κ2) is 6.73. The van der Waals surface area contributed by atoms with Gasteiger partial charge in [-0.3, -0.25) is 24.1 Å². The smallest absolute Gasteiger partial charge is 0.274 e. The van der Waals surface area contributed by atoms with Crippen molar-refractivity contribution in [3.05, 3.63) is 75.7 Å². The molecule has 1 N–H and O–H groups in total. The number of aryl methyl sites for hydroxylation is 1. The summed E-state index contributed by atoms with van der Waals surface area (Å²) >= 11 is 0. The molecule has 3 aromatic rings. The Hall–Kier alpha value is -3.81. The van der Waals surface area contributed by atoms with E-state index in [2.05, 4.69) is 10.4 Å². The van der Waals surface area contributed by atoms with E-state index in [1.165, 1.54) is 4.68 Å². The molecule has 3 amide bonds. The van der Waals surface area contributed by atoms with Gasteiger partial charge < -0.3 is 5.32 Å². The van der Waals surface area contributed by atoms with Crippen LogP contribution in [0, 0.1) is 0 Å². The molecule has 0 spiro atoms. The summed E-state index contributed by atoms with van der Waals surface area (Å²) in [6.07, 6.45) is 0. The number of rotatable bonds is 4. The van der Waals surface area contributed by atoms with E-state index in [0.717, 1.165) is 4.90 Å². The van der Waals surface area contributed by atoms with Gasteiger partial charge in [0.2, 0.25) is 5.91 Å². The Labute approximate surface area is 159 Å². The van der Waals surface area contributed by atoms with Crippen LogP contribution in [-0.2, 0) is 18.4 Å². The summed E-state index contributed by atoms with van der Waals surface area (Å²) in [6.45, 7) is -0.313. The zero-order valence-electron chi connectivity index (χ0n) is 15.0. The minimum Gasteiger partial charge on any atom is -0.349 e. The van der Waals surface area contributed by atoms with Crippen molar-refractivity contribution in [1.82, 2.24) is 20.0 Å². The molecule has 1 aliphatic rings. The number of benzene rings is 2. The van der Waals surface area contributed by atoms with E-state index in [-0.39, 0.29) is 18.6 Å². The third-order valence-electron chi connectivity index (χ3n) is 4.67. The largest absolute Gasteiger partial charge is 0.349 e. The average Bonchev–Trinajstić information content (AvgIpc) is 2.95. The van der Waals surface area contributed by atoms with Crippen LogP contribution in [0.1, 0.15) is 26.4 Å². The highest BCUT2D eigenvalue weighted by Gasteiger charge is 2.36. The third-order valence-corrected chi connectivity index (χ3v) is 4.67. The maximum Gasteiger partial charge on any atom is 0.274 e. The predicted molar refractivity (Wildman–Crippen MR) is 101 cm³/mol. The highest BCUT2D eigenvalue weighted by Crippen LogP contribution is 2.22. The fourth-order valence-electron chi connectivity index (χ4n) is 3.27. The van der Waals surface area contributed by atoms with E-state index in [9.17, 15) is 19.2 Å². The number of nitrogens with zero attached hydrogens (tertiary/aromatic N) is 3. The van der Waals surface area contributed by atoms with Gasteiger partial charge in [-0.15, -0.1) is 0 Å². The molecule has 2 heterocycles. The first kappa shape index (κ1) is 17.6. The molecule has 1 aromatic heterocycles. The van der Waals surface area contributed by atoms with Crippen LogP contribution in [0.2, 0.25) is 0 Å². The highest BCUT2D eigenvalue weighted by molar-refractivity contribution is 6.22. The van der Waals surface area contributed by atoms with Gasteiger partial charge in [0.05, 0.1) is 28.8 Å². The molecule has 140 valence electrons. The lowest BCUT2D eigenvalue weighted by Gasteiger charge is -2.14. The van der Waals surface area contributed by atoms with E-state index in [4.69, 9.17) is 0 Å². The Morgan fingerprint density at radius 1 is 0.929 bits per heavy atom. The molecule has 2 aromatic carbocycles. The quantitative estimate of drug-likeness (QED) is 0.680. The van der Waals surface area contributed by atoms with Crippen molar-refractivity contribution in [3.8, 4) is 0 Å². The molecule has 0 radical (unpaired) electrons. The second-order valence-corrected chi connectivity index (χ2v) is 6.44. The lowest BCUT2D eigenvalue weighted by atomic mass is 10.1. The maximum atomic E-state index is 12.3. The minimum absolute atomic E-state index is 0.0661. The molecule has 8 nitrogen and oxygen atoms in total. The Morgan fingerprint density at radius 3 is 2.14 bits per heavy atom. The lowest BCUT2D eigenvalue weighted by molar-refractivity contribution is -0.121. The molecule has 28 heavy (non-hydrogen) atoms. The summed E-state index contributed by atoms with van der Waals surface area (Å²) < 4.78 is 1.22. The van der Waals surface area contributed by atoms with E-state index >= 15 is 0 Å². The van der Waals surface area contributed by atoms with E-state index < -0.39 is 17.7 Å². The van der Waals surface area contributed by atoms with Gasteiger partial charge >= 0.3 is 0 Å². The van der Waals surface area contributed by atoms with Crippen LogP contribution in [0.15, 0.2) is 53.3 Å². The van der Waals surface area contributed by atoms with Crippen molar-refractivity contribution < 1.29 is 14.4 Å². The van der Waals surface area contributed by atoms with Crippen LogP contribution < -0.4 is 10.9 Å². The van der Waals surface area contributed by atoms with Crippen molar-refractivity contribution in [2.45, 2.75) is 6.54 Å². The fraction of sp³-hybridized carbons (Fsp3) is 0.150. The van der Waals surface area contributed by atoms with Gasteiger partial charge in [0.15, 0.2) is 0 Å². The summed E-state index contributed by atoms with van der Waals surface area (Å²) in [5.74, 6) is -1.46. The zero-order valence-corrected chi connectivity index (χ0v) is 15.0. The van der Waals surface area contributed by atoms with Gasteiger partial charge in [-0.1, -0.05) is 30.3 Å². The minimum atomic E-state index is -0.491. The second-order valence-electron chi connectivity index (χ2n) is 6.44. The molecule has 0 saturated carbocycles. The van der Waals surface area contributed by atoms with Crippen LogP contribution in [0.4, 0.5) is 0 Å². The number of nitrogens with one attached hydrogen (secondary N) is 1. The summed E-state index contributed by atoms with van der Waals surface area (Å²) in [5.41, 5.74) is 0.891. The first-order valence-corrected chi connectivity index (χ1v) is 8.64. The molecule has 4 rings (SSSR count). The number of fused-ring (bicyclic) bond motifs is 2. The molecule has 0 bridgehead atoms. The number of imide groups is 1. The van der Waals surface area contributed by atoms with Crippen molar-refractivity contribution in [2.75, 3.05) is 6.54 Å². The van der Waals surface area contributed by atoms with Gasteiger partial charge in [-0.05, 0) is 18.2 Å². The summed E-state index contributed by atoms with van der Waals surface area (Å²) in [7, 11) is 1.54. The molecule has 0 fully saturated rings. The van der Waals surface area contributed by atoms with E-state index in [1.54, 1.807) is 55.6 Å². The van der Waals surface area contributed by atoms with Crippen LogP contribution in [0.5, 0.6) is 0 Å². The first-order valence-electron chi connectivity index (χ1n) is 8.64. The molecular formula is C20H16N4O4. The molecule has 0 aliphatic carbocycles. The van der Waals surface area contributed by atoms with Crippen LogP contribution >= 0.6 is 0 Å². The van der Waals surface area contributed by atoms with Crippen molar-refractivity contribution >= 4 is 28.5 Å². The highest BCUT2D eigenvalue weighted by atomic mass is 16.2. The topological polar surface area (TPSA) is 101 Å². The Balaban J connectivity index is 1.50. The summed E-state index contributed by atoms with van der Waals surface area (Å²) in [4.78, 5) is 50.1. The van der Waals surface area contributed by atoms with Crippen molar-refractivity contribution in [2.24, 2.45) is 7.05 Å². The monoisotopic (exact) mass is 376 g/mol. The Morgan fingerprint density at radius 2 is 1.50 bits per heavy atom. The number of aromatic nitrogens is 2. The van der Waals surface area contributed by atoms with Gasteiger partial charge in [-0.25, -0.2) is 4.68 Å². The van der Waals surface area contributed by atoms with Crippen LogP contribution in [-0.4, -0.2) is 38.9 Å². The summed E-state index contributed by atoms with van der Waals surface area (Å²) in [5, 5.41) is 8.03. The normalized spacial score (nSPS) is 13.1. The van der Waals surface area contributed by atoms with Gasteiger partial charge in [-0.2, -0.15) is 5.10 Å². The fourth-order valence-corrected chi connectivity index (χ4v) is 3.27. The predicted octanol–water partition coefficient (Wildman–Crippen LogP) is 0.846. The SMILES string of the molecule is Cn1nc(CNC(=O)CN2C(=O)c3ccccc3C2=O)c2ccccc2c1=O. The molecule has 8 heteroatoms. The number of hydrogen-bond donors (Lipinski definition) is 1.